The standard InChI is InChI=1S/C28H25N3O5/c32-25-14-15-26(33)31(29-25)22-12-10-20(11-13-22)28(35)36-18-27(34)30-16-21-8-4-5-9-23(21)24(17-30)19-6-2-1-3-7-19/h1-13,24H,14-18H2,(H,29,32). The molecule has 1 saturated heterocycles. The summed E-state index contributed by atoms with van der Waals surface area (Å²) in [5, 5.41) is 1.17. The van der Waals surface area contributed by atoms with Crippen LogP contribution >= 0.6 is 0 Å². The van der Waals surface area contributed by atoms with Crippen LogP contribution in [0.2, 0.25) is 0 Å². The van der Waals surface area contributed by atoms with E-state index in [1.807, 2.05) is 36.4 Å². The van der Waals surface area contributed by atoms with Crippen LogP contribution in [0.3, 0.4) is 0 Å². The average Bonchev–Trinajstić information content (AvgIpc) is 2.92. The highest BCUT2D eigenvalue weighted by molar-refractivity contribution is 6.01. The first-order valence-corrected chi connectivity index (χ1v) is 11.8. The Morgan fingerprint density at radius 1 is 0.889 bits per heavy atom. The number of carbonyl (C=O) groups is 4. The number of rotatable bonds is 5. The van der Waals surface area contributed by atoms with Gasteiger partial charge in [0.2, 0.25) is 11.8 Å². The molecule has 182 valence electrons. The second-order valence-corrected chi connectivity index (χ2v) is 8.82. The Morgan fingerprint density at radius 2 is 1.61 bits per heavy atom. The minimum Gasteiger partial charge on any atom is -0.452 e. The van der Waals surface area contributed by atoms with Crippen LogP contribution in [0.4, 0.5) is 5.69 Å². The van der Waals surface area contributed by atoms with E-state index in [0.29, 0.717) is 18.8 Å². The second kappa shape index (κ2) is 10.0. The predicted octanol–water partition coefficient (Wildman–Crippen LogP) is 3.18. The maximum atomic E-state index is 13.0. The lowest BCUT2D eigenvalue weighted by Crippen LogP contribution is -2.50. The van der Waals surface area contributed by atoms with Crippen LogP contribution in [0.1, 0.15) is 45.8 Å². The minimum atomic E-state index is -0.638. The smallest absolute Gasteiger partial charge is 0.338 e. The quantitative estimate of drug-likeness (QED) is 0.563. The molecule has 0 bridgehead atoms. The number of nitrogens with zero attached hydrogens (tertiary/aromatic N) is 2. The first-order valence-electron chi connectivity index (χ1n) is 11.8. The van der Waals surface area contributed by atoms with Gasteiger partial charge in [0.15, 0.2) is 6.61 Å². The van der Waals surface area contributed by atoms with Crippen molar-refractivity contribution < 1.29 is 23.9 Å². The number of hydrogen-bond donors (Lipinski definition) is 1. The molecule has 2 heterocycles. The number of fused-ring (bicyclic) bond motifs is 1. The Bertz CT molecular complexity index is 1310. The van der Waals surface area contributed by atoms with Crippen LogP contribution in [0.15, 0.2) is 78.9 Å². The molecule has 0 aromatic heterocycles. The van der Waals surface area contributed by atoms with E-state index in [9.17, 15) is 19.2 Å². The molecule has 0 spiro atoms. The first-order chi connectivity index (χ1) is 17.5. The molecule has 5 rings (SSSR count). The number of amides is 3. The summed E-state index contributed by atoms with van der Waals surface area (Å²) < 4.78 is 5.32. The van der Waals surface area contributed by atoms with Crippen LogP contribution < -0.4 is 10.4 Å². The number of hydrazine groups is 1. The normalized spacial score (nSPS) is 17.3. The third-order valence-corrected chi connectivity index (χ3v) is 6.49. The van der Waals surface area contributed by atoms with Gasteiger partial charge in [0.25, 0.3) is 5.91 Å². The molecule has 0 saturated carbocycles. The summed E-state index contributed by atoms with van der Waals surface area (Å²) in [5.74, 6) is -1.34. The average molecular weight is 484 g/mol. The molecule has 1 fully saturated rings. The summed E-state index contributed by atoms with van der Waals surface area (Å²) in [5.41, 5.74) is 6.60. The topological polar surface area (TPSA) is 96.0 Å². The zero-order valence-electron chi connectivity index (χ0n) is 19.6. The fraction of sp³-hybridized carbons (Fsp3) is 0.214. The van der Waals surface area contributed by atoms with Gasteiger partial charge in [-0.15, -0.1) is 0 Å². The van der Waals surface area contributed by atoms with Crippen molar-refractivity contribution in [1.82, 2.24) is 10.3 Å². The van der Waals surface area contributed by atoms with Gasteiger partial charge in [-0.3, -0.25) is 19.8 Å². The Balaban J connectivity index is 1.23. The van der Waals surface area contributed by atoms with E-state index in [0.717, 1.165) is 11.1 Å². The monoisotopic (exact) mass is 483 g/mol. The van der Waals surface area contributed by atoms with Crippen molar-refractivity contribution in [2.24, 2.45) is 0 Å². The van der Waals surface area contributed by atoms with Gasteiger partial charge < -0.3 is 9.64 Å². The van der Waals surface area contributed by atoms with Crippen molar-refractivity contribution in [2.75, 3.05) is 18.2 Å². The fourth-order valence-corrected chi connectivity index (χ4v) is 4.60. The molecule has 1 unspecified atom stereocenters. The van der Waals surface area contributed by atoms with Gasteiger partial charge >= 0.3 is 5.97 Å². The van der Waals surface area contributed by atoms with Gasteiger partial charge in [-0.2, -0.15) is 0 Å². The molecule has 8 heteroatoms. The molecule has 2 aliphatic heterocycles. The molecule has 1 N–H and O–H groups in total. The summed E-state index contributed by atoms with van der Waals surface area (Å²) in [6, 6.07) is 24.2. The molecule has 3 aromatic rings. The Labute approximate surface area is 208 Å². The second-order valence-electron chi connectivity index (χ2n) is 8.82. The third kappa shape index (κ3) is 4.84. The lowest BCUT2D eigenvalue weighted by atomic mass is 9.84. The van der Waals surface area contributed by atoms with Crippen molar-refractivity contribution in [2.45, 2.75) is 25.3 Å². The number of nitrogens with one attached hydrogen (secondary N) is 1. The van der Waals surface area contributed by atoms with Crippen molar-refractivity contribution in [3.8, 4) is 0 Å². The lowest BCUT2D eigenvalue weighted by molar-refractivity contribution is -0.135. The zero-order valence-corrected chi connectivity index (χ0v) is 19.6. The first kappa shape index (κ1) is 23.3. The molecule has 0 radical (unpaired) electrons. The van der Waals surface area contributed by atoms with Crippen molar-refractivity contribution in [1.29, 1.82) is 0 Å². The predicted molar refractivity (Wildman–Crippen MR) is 132 cm³/mol. The fourth-order valence-electron chi connectivity index (χ4n) is 4.60. The van der Waals surface area contributed by atoms with E-state index in [-0.39, 0.29) is 48.7 Å². The van der Waals surface area contributed by atoms with Crippen LogP contribution in [0.5, 0.6) is 0 Å². The summed E-state index contributed by atoms with van der Waals surface area (Å²) in [7, 11) is 0. The number of ether oxygens (including phenoxy) is 1. The van der Waals surface area contributed by atoms with Crippen molar-refractivity contribution >= 4 is 29.4 Å². The SMILES string of the molecule is O=C1CCC(=O)N(c2ccc(C(=O)OCC(=O)N3Cc4ccccc4C(c4ccccc4)C3)cc2)N1. The van der Waals surface area contributed by atoms with Gasteiger partial charge in [-0.05, 0) is 41.0 Å². The van der Waals surface area contributed by atoms with Gasteiger partial charge in [-0.1, -0.05) is 54.6 Å². The van der Waals surface area contributed by atoms with Crippen LogP contribution in [0, 0.1) is 0 Å². The molecule has 8 nitrogen and oxygen atoms in total. The number of anilines is 1. The molecule has 2 aliphatic rings. The maximum Gasteiger partial charge on any atom is 0.338 e. The van der Waals surface area contributed by atoms with E-state index < -0.39 is 5.97 Å². The summed E-state index contributed by atoms with van der Waals surface area (Å²) in [4.78, 5) is 51.0. The van der Waals surface area contributed by atoms with E-state index in [4.69, 9.17) is 4.74 Å². The van der Waals surface area contributed by atoms with Crippen molar-refractivity contribution in [3.05, 3.63) is 101 Å². The number of hydrogen-bond acceptors (Lipinski definition) is 5. The molecule has 1 atom stereocenters. The van der Waals surface area contributed by atoms with Crippen LogP contribution in [-0.4, -0.2) is 41.7 Å². The van der Waals surface area contributed by atoms with E-state index >= 15 is 0 Å². The molecule has 3 amide bonds. The molecule has 0 aliphatic carbocycles. The Kier molecular flexibility index (Phi) is 6.49. The highest BCUT2D eigenvalue weighted by Gasteiger charge is 2.29. The van der Waals surface area contributed by atoms with Gasteiger partial charge in [0.05, 0.1) is 11.3 Å². The van der Waals surface area contributed by atoms with E-state index in [1.54, 1.807) is 17.0 Å². The van der Waals surface area contributed by atoms with Gasteiger partial charge in [0.1, 0.15) is 0 Å². The third-order valence-electron chi connectivity index (χ3n) is 6.49. The molecule has 36 heavy (non-hydrogen) atoms. The zero-order chi connectivity index (χ0) is 25.1. The Hall–Kier alpha value is -4.46. The highest BCUT2D eigenvalue weighted by atomic mass is 16.5. The maximum absolute atomic E-state index is 13.0. The van der Waals surface area contributed by atoms with Crippen LogP contribution in [-0.2, 0) is 25.7 Å². The van der Waals surface area contributed by atoms with Gasteiger partial charge in [0, 0.05) is 31.8 Å². The van der Waals surface area contributed by atoms with E-state index in [2.05, 4.69) is 23.6 Å². The summed E-state index contributed by atoms with van der Waals surface area (Å²) in [6.45, 7) is 0.590. The van der Waals surface area contributed by atoms with Gasteiger partial charge in [-0.25, -0.2) is 9.80 Å². The highest BCUT2D eigenvalue weighted by Crippen LogP contribution is 2.33. The summed E-state index contributed by atoms with van der Waals surface area (Å²) >= 11 is 0. The largest absolute Gasteiger partial charge is 0.452 e. The Morgan fingerprint density at radius 3 is 2.39 bits per heavy atom. The molecular formula is C28H25N3O5. The number of esters is 1. The molecule has 3 aromatic carbocycles. The van der Waals surface area contributed by atoms with Crippen molar-refractivity contribution in [3.63, 3.8) is 0 Å². The number of benzene rings is 3. The lowest BCUT2D eigenvalue weighted by Gasteiger charge is -2.35. The minimum absolute atomic E-state index is 0.0429. The van der Waals surface area contributed by atoms with E-state index in [1.165, 1.54) is 22.7 Å². The molecular weight excluding hydrogens is 458 g/mol. The number of carbonyl (C=O) groups excluding carboxylic acids is 4. The van der Waals surface area contributed by atoms with Crippen LogP contribution in [0.25, 0.3) is 0 Å². The summed E-state index contributed by atoms with van der Waals surface area (Å²) in [6.07, 6.45) is 0.284.